The summed E-state index contributed by atoms with van der Waals surface area (Å²) in [5.41, 5.74) is 1.66. The highest BCUT2D eigenvalue weighted by Gasteiger charge is 2.06. The van der Waals surface area contributed by atoms with E-state index in [9.17, 15) is 5.11 Å². The van der Waals surface area contributed by atoms with Crippen LogP contribution in [0.5, 0.6) is 5.75 Å². The van der Waals surface area contributed by atoms with Gasteiger partial charge in [0.1, 0.15) is 5.75 Å². The zero-order valence-corrected chi connectivity index (χ0v) is 11.3. The number of hydrogen-bond donors (Lipinski definition) is 2. The van der Waals surface area contributed by atoms with E-state index >= 15 is 0 Å². The van der Waals surface area contributed by atoms with Gasteiger partial charge in [-0.3, -0.25) is 0 Å². The fraction of sp³-hybridized carbons (Fsp3) is 0.0769. The molecule has 0 unspecified atom stereocenters. The van der Waals surface area contributed by atoms with Crippen LogP contribution in [0.25, 0.3) is 0 Å². The first-order chi connectivity index (χ1) is 8.18. The number of phenols is 1. The normalized spacial score (nSPS) is 10.2. The van der Waals surface area contributed by atoms with Gasteiger partial charge in [-0.15, -0.1) is 0 Å². The first-order valence-electron chi connectivity index (χ1n) is 5.13. The molecule has 0 aromatic heterocycles. The molecule has 88 valence electrons. The highest BCUT2D eigenvalue weighted by atomic mass is 79.9. The summed E-state index contributed by atoms with van der Waals surface area (Å²) in [6, 6.07) is 12.9. The Morgan fingerprint density at radius 2 is 1.88 bits per heavy atom. The van der Waals surface area contributed by atoms with Gasteiger partial charge in [0, 0.05) is 27.3 Å². The minimum Gasteiger partial charge on any atom is -0.508 e. The zero-order valence-electron chi connectivity index (χ0n) is 8.95. The Hall–Kier alpha value is -1.19. The Bertz CT molecular complexity index is 510. The van der Waals surface area contributed by atoms with Gasteiger partial charge in [-0.25, -0.2) is 0 Å². The van der Waals surface area contributed by atoms with Crippen LogP contribution in [0.4, 0.5) is 5.69 Å². The van der Waals surface area contributed by atoms with Gasteiger partial charge in [-0.2, -0.15) is 0 Å². The molecule has 0 fully saturated rings. The van der Waals surface area contributed by atoms with Gasteiger partial charge < -0.3 is 10.4 Å². The molecule has 0 amide bonds. The van der Waals surface area contributed by atoms with Crippen molar-refractivity contribution in [2.75, 3.05) is 5.32 Å². The Kier molecular flexibility index (Phi) is 3.92. The standard InChI is InChI=1S/C13H11BrClNO/c14-10-4-1-2-6-12(10)16-8-9-11(15)5-3-7-13(9)17/h1-7,16-17H,8H2. The molecule has 2 rings (SSSR count). The van der Waals surface area contributed by atoms with E-state index in [0.29, 0.717) is 17.1 Å². The van der Waals surface area contributed by atoms with Crippen LogP contribution < -0.4 is 5.32 Å². The van der Waals surface area contributed by atoms with Gasteiger partial charge in [0.25, 0.3) is 0 Å². The van der Waals surface area contributed by atoms with E-state index in [-0.39, 0.29) is 5.75 Å². The molecule has 2 aromatic rings. The topological polar surface area (TPSA) is 32.3 Å². The summed E-state index contributed by atoms with van der Waals surface area (Å²) in [5, 5.41) is 13.5. The second-order valence-electron chi connectivity index (χ2n) is 3.57. The van der Waals surface area contributed by atoms with E-state index in [0.717, 1.165) is 10.2 Å². The van der Waals surface area contributed by atoms with Crippen molar-refractivity contribution < 1.29 is 5.11 Å². The lowest BCUT2D eigenvalue weighted by molar-refractivity contribution is 0.469. The van der Waals surface area contributed by atoms with Gasteiger partial charge in [0.15, 0.2) is 0 Å². The smallest absolute Gasteiger partial charge is 0.122 e. The number of nitrogens with one attached hydrogen (secondary N) is 1. The Labute approximate surface area is 113 Å². The molecule has 0 bridgehead atoms. The van der Waals surface area contributed by atoms with Gasteiger partial charge in [0.05, 0.1) is 0 Å². The second kappa shape index (κ2) is 5.43. The van der Waals surface area contributed by atoms with E-state index in [2.05, 4.69) is 21.2 Å². The summed E-state index contributed by atoms with van der Waals surface area (Å²) in [7, 11) is 0. The SMILES string of the molecule is Oc1cccc(Cl)c1CNc1ccccc1Br. The van der Waals surface area contributed by atoms with Crippen molar-refractivity contribution in [3.05, 3.63) is 57.5 Å². The summed E-state index contributed by atoms with van der Waals surface area (Å²) in [5.74, 6) is 0.206. The van der Waals surface area contributed by atoms with Crippen LogP contribution in [0.2, 0.25) is 5.02 Å². The highest BCUT2D eigenvalue weighted by molar-refractivity contribution is 9.10. The van der Waals surface area contributed by atoms with E-state index in [4.69, 9.17) is 11.6 Å². The number of hydrogen-bond acceptors (Lipinski definition) is 2. The van der Waals surface area contributed by atoms with Crippen LogP contribution in [0.15, 0.2) is 46.9 Å². The van der Waals surface area contributed by atoms with E-state index < -0.39 is 0 Å². The average molecular weight is 313 g/mol. The summed E-state index contributed by atoms with van der Waals surface area (Å²) < 4.78 is 0.978. The van der Waals surface area contributed by atoms with Crippen LogP contribution in [-0.4, -0.2) is 5.11 Å². The first kappa shape index (κ1) is 12.3. The monoisotopic (exact) mass is 311 g/mol. The number of anilines is 1. The van der Waals surface area contributed by atoms with Crippen molar-refractivity contribution in [2.24, 2.45) is 0 Å². The molecule has 0 aliphatic heterocycles. The van der Waals surface area contributed by atoms with Crippen LogP contribution in [0, 0.1) is 0 Å². The predicted octanol–water partition coefficient (Wildman–Crippen LogP) is 4.42. The van der Waals surface area contributed by atoms with Crippen molar-refractivity contribution >= 4 is 33.2 Å². The van der Waals surface area contributed by atoms with Gasteiger partial charge in [-0.05, 0) is 40.2 Å². The number of halogens is 2. The van der Waals surface area contributed by atoms with Gasteiger partial charge >= 0.3 is 0 Å². The molecule has 17 heavy (non-hydrogen) atoms. The predicted molar refractivity (Wildman–Crippen MR) is 74.6 cm³/mol. The number of rotatable bonds is 3. The first-order valence-corrected chi connectivity index (χ1v) is 6.30. The quantitative estimate of drug-likeness (QED) is 0.879. The molecular weight excluding hydrogens is 302 g/mol. The van der Waals surface area contributed by atoms with Crippen LogP contribution in [-0.2, 0) is 6.54 Å². The molecule has 0 saturated heterocycles. The summed E-state index contributed by atoms with van der Waals surface area (Å²) in [6.07, 6.45) is 0. The van der Waals surface area contributed by atoms with Gasteiger partial charge in [0.2, 0.25) is 0 Å². The zero-order chi connectivity index (χ0) is 12.3. The van der Waals surface area contributed by atoms with Crippen LogP contribution in [0.1, 0.15) is 5.56 Å². The minimum absolute atomic E-state index is 0.206. The average Bonchev–Trinajstić information content (AvgIpc) is 2.30. The Morgan fingerprint density at radius 1 is 1.12 bits per heavy atom. The molecule has 0 radical (unpaired) electrons. The molecule has 2 aromatic carbocycles. The molecular formula is C13H11BrClNO. The van der Waals surface area contributed by atoms with Gasteiger partial charge in [-0.1, -0.05) is 29.8 Å². The fourth-order valence-electron chi connectivity index (χ4n) is 1.51. The van der Waals surface area contributed by atoms with Crippen LogP contribution in [0.3, 0.4) is 0 Å². The second-order valence-corrected chi connectivity index (χ2v) is 4.83. The Balaban J connectivity index is 2.16. The number of para-hydroxylation sites is 1. The Morgan fingerprint density at radius 3 is 2.59 bits per heavy atom. The third kappa shape index (κ3) is 2.93. The lowest BCUT2D eigenvalue weighted by Crippen LogP contribution is -2.00. The van der Waals surface area contributed by atoms with E-state index in [1.54, 1.807) is 18.2 Å². The van der Waals surface area contributed by atoms with Crippen molar-refractivity contribution in [1.29, 1.82) is 0 Å². The molecule has 2 nitrogen and oxygen atoms in total. The van der Waals surface area contributed by atoms with Crippen molar-refractivity contribution in [3.63, 3.8) is 0 Å². The molecule has 0 aliphatic carbocycles. The minimum atomic E-state index is 0.206. The number of benzene rings is 2. The number of phenolic OH excluding ortho intramolecular Hbond substituents is 1. The van der Waals surface area contributed by atoms with E-state index in [1.807, 2.05) is 24.3 Å². The highest BCUT2D eigenvalue weighted by Crippen LogP contribution is 2.27. The van der Waals surface area contributed by atoms with Crippen LogP contribution >= 0.6 is 27.5 Å². The molecule has 2 N–H and O–H groups in total. The van der Waals surface area contributed by atoms with E-state index in [1.165, 1.54) is 0 Å². The molecule has 4 heteroatoms. The maximum absolute atomic E-state index is 9.70. The third-order valence-corrected chi connectivity index (χ3v) is 3.47. The molecule has 0 atom stereocenters. The summed E-state index contributed by atoms with van der Waals surface area (Å²) in [4.78, 5) is 0. The maximum atomic E-state index is 9.70. The fourth-order valence-corrected chi connectivity index (χ4v) is 2.17. The largest absolute Gasteiger partial charge is 0.508 e. The third-order valence-electron chi connectivity index (χ3n) is 2.42. The molecule has 0 saturated carbocycles. The summed E-state index contributed by atoms with van der Waals surface area (Å²) >= 11 is 9.47. The van der Waals surface area contributed by atoms with Crippen molar-refractivity contribution in [2.45, 2.75) is 6.54 Å². The maximum Gasteiger partial charge on any atom is 0.122 e. The van der Waals surface area contributed by atoms with Crippen molar-refractivity contribution in [3.8, 4) is 5.75 Å². The molecule has 0 spiro atoms. The lowest BCUT2D eigenvalue weighted by Gasteiger charge is -2.10. The molecule has 0 heterocycles. The number of aromatic hydroxyl groups is 1. The summed E-state index contributed by atoms with van der Waals surface area (Å²) in [6.45, 7) is 0.480. The molecule has 0 aliphatic rings. The van der Waals surface area contributed by atoms with Crippen molar-refractivity contribution in [1.82, 2.24) is 0 Å². The lowest BCUT2D eigenvalue weighted by atomic mass is 10.2.